The third-order valence-electron chi connectivity index (χ3n) is 2.63. The molecule has 0 amide bonds. The molecule has 0 aromatic carbocycles. The summed E-state index contributed by atoms with van der Waals surface area (Å²) in [5.41, 5.74) is 0. The Morgan fingerprint density at radius 2 is 1.56 bits per heavy atom. The highest BCUT2D eigenvalue weighted by Gasteiger charge is 1.98. The van der Waals surface area contributed by atoms with Crippen molar-refractivity contribution in [3.05, 3.63) is 11.8 Å². The van der Waals surface area contributed by atoms with Gasteiger partial charge in [0.25, 0.3) is 0 Å². The summed E-state index contributed by atoms with van der Waals surface area (Å²) < 4.78 is 0. The summed E-state index contributed by atoms with van der Waals surface area (Å²) in [5.74, 6) is 0.968. The van der Waals surface area contributed by atoms with Gasteiger partial charge in [-0.3, -0.25) is 0 Å². The van der Waals surface area contributed by atoms with Gasteiger partial charge in [0.1, 0.15) is 5.76 Å². The number of hydrogen-bond donors (Lipinski definition) is 0. The summed E-state index contributed by atoms with van der Waals surface area (Å²) in [6.07, 6.45) is 12.3. The van der Waals surface area contributed by atoms with Crippen molar-refractivity contribution >= 4 is 0 Å². The van der Waals surface area contributed by atoms with Crippen molar-refractivity contribution in [2.75, 3.05) is 6.61 Å². The molecule has 2 heteroatoms. The topological polar surface area (TPSA) is 18.5 Å². The smallest absolute Gasteiger partial charge is 0.138 e. The summed E-state index contributed by atoms with van der Waals surface area (Å²) in [6.45, 7) is 6.79. The van der Waals surface area contributed by atoms with E-state index in [1.54, 1.807) is 0 Å². The second-order valence-electron chi connectivity index (χ2n) is 4.12. The van der Waals surface area contributed by atoms with E-state index in [-0.39, 0.29) is 0 Å². The Morgan fingerprint density at radius 1 is 0.938 bits per heavy atom. The van der Waals surface area contributed by atoms with Gasteiger partial charge in [0, 0.05) is 6.42 Å². The minimum absolute atomic E-state index is 0.606. The van der Waals surface area contributed by atoms with Gasteiger partial charge in [-0.1, -0.05) is 45.4 Å². The van der Waals surface area contributed by atoms with E-state index in [0.717, 1.165) is 12.2 Å². The molecule has 96 valence electrons. The van der Waals surface area contributed by atoms with Crippen molar-refractivity contribution in [1.82, 2.24) is 0 Å². The fraction of sp³-hybridized carbons (Fsp3) is 0.857. The molecule has 0 radical (unpaired) electrons. The fourth-order valence-electron chi connectivity index (χ4n) is 1.63. The van der Waals surface area contributed by atoms with Crippen molar-refractivity contribution in [3.63, 3.8) is 0 Å². The largest absolute Gasteiger partial charge is 0.342 e. The Balaban J connectivity index is 3.28. The van der Waals surface area contributed by atoms with Gasteiger partial charge in [0.05, 0.1) is 6.61 Å². The highest BCUT2D eigenvalue weighted by molar-refractivity contribution is 4.88. The normalized spacial score (nSPS) is 11.8. The lowest BCUT2D eigenvalue weighted by Crippen LogP contribution is -1.94. The van der Waals surface area contributed by atoms with Crippen LogP contribution in [0.15, 0.2) is 11.8 Å². The molecule has 0 saturated heterocycles. The molecule has 0 fully saturated rings. The zero-order valence-electron chi connectivity index (χ0n) is 11.3. The van der Waals surface area contributed by atoms with Crippen LogP contribution >= 0.6 is 0 Å². The molecule has 0 atom stereocenters. The van der Waals surface area contributed by atoms with E-state index in [0.29, 0.717) is 6.61 Å². The van der Waals surface area contributed by atoms with E-state index >= 15 is 0 Å². The molecular formula is C14H28O2. The van der Waals surface area contributed by atoms with Crippen LogP contribution in [0.5, 0.6) is 0 Å². The first-order valence-electron chi connectivity index (χ1n) is 6.79. The van der Waals surface area contributed by atoms with Gasteiger partial charge in [-0.25, -0.2) is 0 Å². The second kappa shape index (κ2) is 12.6. The maximum atomic E-state index is 5.15. The highest BCUT2D eigenvalue weighted by atomic mass is 17.2. The van der Waals surface area contributed by atoms with E-state index < -0.39 is 0 Å². The van der Waals surface area contributed by atoms with E-state index in [2.05, 4.69) is 6.92 Å². The third-order valence-corrected chi connectivity index (χ3v) is 2.63. The molecule has 0 rings (SSSR count). The quantitative estimate of drug-likeness (QED) is 0.214. The minimum atomic E-state index is 0.606. The molecule has 0 heterocycles. The Kier molecular flexibility index (Phi) is 12.2. The lowest BCUT2D eigenvalue weighted by Gasteiger charge is -2.07. The van der Waals surface area contributed by atoms with Crippen molar-refractivity contribution in [1.29, 1.82) is 0 Å². The van der Waals surface area contributed by atoms with Crippen LogP contribution in [0.1, 0.15) is 72.1 Å². The summed E-state index contributed by atoms with van der Waals surface area (Å²) in [5, 5.41) is 0. The van der Waals surface area contributed by atoms with Gasteiger partial charge in [-0.2, -0.15) is 4.89 Å². The van der Waals surface area contributed by atoms with Crippen LogP contribution in [-0.4, -0.2) is 6.61 Å². The zero-order valence-corrected chi connectivity index (χ0v) is 11.3. The first kappa shape index (κ1) is 15.5. The molecule has 0 aliphatic carbocycles. The Morgan fingerprint density at radius 3 is 2.12 bits per heavy atom. The number of hydrogen-bond acceptors (Lipinski definition) is 2. The molecule has 0 aromatic rings. The molecule has 0 N–H and O–H groups in total. The molecular weight excluding hydrogens is 200 g/mol. The van der Waals surface area contributed by atoms with Gasteiger partial charge in [0.2, 0.25) is 0 Å². The van der Waals surface area contributed by atoms with Crippen LogP contribution in [0.2, 0.25) is 0 Å². The van der Waals surface area contributed by atoms with Gasteiger partial charge in [0.15, 0.2) is 0 Å². The maximum absolute atomic E-state index is 5.15. The van der Waals surface area contributed by atoms with Gasteiger partial charge < -0.3 is 4.89 Å². The van der Waals surface area contributed by atoms with E-state index in [1.807, 2.05) is 19.9 Å². The molecule has 0 spiro atoms. The van der Waals surface area contributed by atoms with Gasteiger partial charge in [-0.05, 0) is 26.3 Å². The van der Waals surface area contributed by atoms with Crippen molar-refractivity contribution in [3.8, 4) is 0 Å². The average Bonchev–Trinajstić information content (AvgIpc) is 2.32. The molecule has 0 aromatic heterocycles. The van der Waals surface area contributed by atoms with Gasteiger partial charge in [-0.15, -0.1) is 0 Å². The van der Waals surface area contributed by atoms with Crippen molar-refractivity contribution < 1.29 is 9.78 Å². The maximum Gasteiger partial charge on any atom is 0.138 e. The van der Waals surface area contributed by atoms with Crippen LogP contribution in [0.25, 0.3) is 0 Å². The van der Waals surface area contributed by atoms with Crippen molar-refractivity contribution in [2.24, 2.45) is 0 Å². The summed E-state index contributed by atoms with van der Waals surface area (Å²) in [4.78, 5) is 10.1. The summed E-state index contributed by atoms with van der Waals surface area (Å²) in [7, 11) is 0. The molecule has 0 aliphatic rings. The Labute approximate surface area is 101 Å². The molecule has 0 aliphatic heterocycles. The Bertz CT molecular complexity index is 164. The fourth-order valence-corrected chi connectivity index (χ4v) is 1.63. The molecule has 0 saturated carbocycles. The van der Waals surface area contributed by atoms with Gasteiger partial charge >= 0.3 is 0 Å². The Hall–Kier alpha value is -0.500. The monoisotopic (exact) mass is 228 g/mol. The van der Waals surface area contributed by atoms with E-state index in [4.69, 9.17) is 9.78 Å². The molecule has 2 nitrogen and oxygen atoms in total. The lowest BCUT2D eigenvalue weighted by molar-refractivity contribution is -0.260. The third kappa shape index (κ3) is 10.0. The SMILES string of the molecule is CC=C(CCCCCCCCC)OOCC. The standard InChI is InChI=1S/C14H28O2/c1-4-7-8-9-10-11-12-13-14(5-2)16-15-6-3/h5H,4,6-13H2,1-3H3. The van der Waals surface area contributed by atoms with E-state index in [9.17, 15) is 0 Å². The number of rotatable bonds is 11. The van der Waals surface area contributed by atoms with Crippen LogP contribution in [0.3, 0.4) is 0 Å². The number of unbranched alkanes of at least 4 members (excludes halogenated alkanes) is 6. The molecule has 0 unspecified atom stereocenters. The van der Waals surface area contributed by atoms with Crippen molar-refractivity contribution in [2.45, 2.75) is 72.1 Å². The summed E-state index contributed by atoms with van der Waals surface area (Å²) in [6, 6.07) is 0. The van der Waals surface area contributed by atoms with Crippen LogP contribution in [0, 0.1) is 0 Å². The number of allylic oxidation sites excluding steroid dienone is 2. The highest BCUT2D eigenvalue weighted by Crippen LogP contribution is 2.13. The predicted molar refractivity (Wildman–Crippen MR) is 69.1 cm³/mol. The minimum Gasteiger partial charge on any atom is -0.342 e. The predicted octanol–water partition coefficient (Wildman–Crippen LogP) is 5.00. The first-order chi connectivity index (χ1) is 7.85. The van der Waals surface area contributed by atoms with Crippen LogP contribution < -0.4 is 0 Å². The average molecular weight is 228 g/mol. The lowest BCUT2D eigenvalue weighted by atomic mass is 10.1. The second-order valence-corrected chi connectivity index (χ2v) is 4.12. The molecule has 16 heavy (non-hydrogen) atoms. The first-order valence-corrected chi connectivity index (χ1v) is 6.79. The molecule has 0 bridgehead atoms. The van der Waals surface area contributed by atoms with Crippen LogP contribution in [-0.2, 0) is 9.78 Å². The summed E-state index contributed by atoms with van der Waals surface area (Å²) >= 11 is 0. The zero-order chi connectivity index (χ0) is 12.1. The van der Waals surface area contributed by atoms with E-state index in [1.165, 1.54) is 44.9 Å². The van der Waals surface area contributed by atoms with Crippen LogP contribution in [0.4, 0.5) is 0 Å².